The Balaban J connectivity index is 1.88. The summed E-state index contributed by atoms with van der Waals surface area (Å²) in [7, 11) is -3.61. The van der Waals surface area contributed by atoms with E-state index in [-0.39, 0.29) is 23.0 Å². The van der Waals surface area contributed by atoms with Crippen LogP contribution < -0.4 is 5.32 Å². The van der Waals surface area contributed by atoms with Crippen LogP contribution in [0.15, 0.2) is 23.4 Å². The SMILES string of the molecule is CCNc1cccnc1S(=O)(=O)N1CC2CCC(O)C2C1. The number of anilines is 1. The maximum Gasteiger partial charge on any atom is 0.262 e. The summed E-state index contributed by atoms with van der Waals surface area (Å²) in [6.07, 6.45) is 2.82. The van der Waals surface area contributed by atoms with Crippen molar-refractivity contribution in [1.82, 2.24) is 9.29 Å². The molecule has 2 N–H and O–H groups in total. The number of aliphatic hydroxyl groups excluding tert-OH is 1. The average Bonchev–Trinajstić information content (AvgIpc) is 3.03. The van der Waals surface area contributed by atoms with E-state index in [0.717, 1.165) is 12.8 Å². The molecule has 1 aromatic heterocycles. The largest absolute Gasteiger partial charge is 0.393 e. The molecular weight excluding hydrogens is 290 g/mol. The van der Waals surface area contributed by atoms with E-state index in [4.69, 9.17) is 0 Å². The highest BCUT2D eigenvalue weighted by Crippen LogP contribution is 2.40. The van der Waals surface area contributed by atoms with Crippen molar-refractivity contribution in [2.24, 2.45) is 11.8 Å². The predicted molar refractivity (Wildman–Crippen MR) is 79.4 cm³/mol. The Kier molecular flexibility index (Phi) is 3.90. The maximum atomic E-state index is 12.8. The van der Waals surface area contributed by atoms with Crippen molar-refractivity contribution < 1.29 is 13.5 Å². The normalized spacial score (nSPS) is 29.5. The molecule has 0 spiro atoms. The fourth-order valence-electron chi connectivity index (χ4n) is 3.44. The van der Waals surface area contributed by atoms with E-state index < -0.39 is 10.0 Å². The second-order valence-corrected chi connectivity index (χ2v) is 7.63. The molecule has 6 nitrogen and oxygen atoms in total. The van der Waals surface area contributed by atoms with Crippen molar-refractivity contribution in [3.05, 3.63) is 18.3 Å². The third-order valence-corrected chi connectivity index (χ3v) is 6.30. The highest BCUT2D eigenvalue weighted by atomic mass is 32.2. The number of nitrogens with zero attached hydrogens (tertiary/aromatic N) is 2. The van der Waals surface area contributed by atoms with Crippen LogP contribution in [0.1, 0.15) is 19.8 Å². The molecule has 3 rings (SSSR count). The minimum absolute atomic E-state index is 0.0751. The van der Waals surface area contributed by atoms with Crippen LogP contribution in [0, 0.1) is 11.8 Å². The number of fused-ring (bicyclic) bond motifs is 1. The molecule has 0 bridgehead atoms. The number of sulfonamides is 1. The molecule has 0 radical (unpaired) electrons. The van der Waals surface area contributed by atoms with Crippen molar-refractivity contribution in [3.63, 3.8) is 0 Å². The van der Waals surface area contributed by atoms with Crippen LogP contribution in [0.5, 0.6) is 0 Å². The van der Waals surface area contributed by atoms with Crippen molar-refractivity contribution >= 4 is 15.7 Å². The van der Waals surface area contributed by atoms with Gasteiger partial charge in [0.1, 0.15) is 0 Å². The number of hydrogen-bond acceptors (Lipinski definition) is 5. The first kappa shape index (κ1) is 14.7. The zero-order chi connectivity index (χ0) is 15.0. The van der Waals surface area contributed by atoms with Crippen LogP contribution in [0.4, 0.5) is 5.69 Å². The van der Waals surface area contributed by atoms with E-state index in [0.29, 0.717) is 25.3 Å². The number of aliphatic hydroxyl groups is 1. The molecule has 1 aliphatic carbocycles. The van der Waals surface area contributed by atoms with Crippen LogP contribution in [-0.4, -0.2) is 48.6 Å². The van der Waals surface area contributed by atoms with Crippen molar-refractivity contribution in [2.75, 3.05) is 25.0 Å². The predicted octanol–water partition coefficient (Wildman–Crippen LogP) is 0.905. The molecule has 21 heavy (non-hydrogen) atoms. The van der Waals surface area contributed by atoms with Crippen molar-refractivity contribution in [2.45, 2.75) is 30.9 Å². The molecule has 116 valence electrons. The average molecular weight is 311 g/mol. The number of nitrogens with one attached hydrogen (secondary N) is 1. The van der Waals surface area contributed by atoms with Gasteiger partial charge in [0.25, 0.3) is 10.0 Å². The molecule has 1 saturated heterocycles. The highest BCUT2D eigenvalue weighted by Gasteiger charge is 2.46. The molecule has 1 aliphatic heterocycles. The summed E-state index contributed by atoms with van der Waals surface area (Å²) >= 11 is 0. The third kappa shape index (κ3) is 2.54. The van der Waals surface area contributed by atoms with Gasteiger partial charge < -0.3 is 10.4 Å². The van der Waals surface area contributed by atoms with Gasteiger partial charge in [-0.3, -0.25) is 0 Å². The molecule has 0 amide bonds. The molecule has 2 heterocycles. The molecule has 2 fully saturated rings. The van der Waals surface area contributed by atoms with E-state index >= 15 is 0 Å². The Morgan fingerprint density at radius 2 is 2.24 bits per heavy atom. The van der Waals surface area contributed by atoms with Crippen LogP contribution in [-0.2, 0) is 10.0 Å². The second-order valence-electron chi connectivity index (χ2n) is 5.78. The van der Waals surface area contributed by atoms with Gasteiger partial charge in [-0.2, -0.15) is 4.31 Å². The van der Waals surface area contributed by atoms with Crippen LogP contribution in [0.25, 0.3) is 0 Å². The molecule has 7 heteroatoms. The Bertz CT molecular complexity index is 620. The Labute approximate surface area is 125 Å². The molecule has 3 atom stereocenters. The molecule has 3 unspecified atom stereocenters. The topological polar surface area (TPSA) is 82.5 Å². The summed E-state index contributed by atoms with van der Waals surface area (Å²) < 4.78 is 27.1. The van der Waals surface area contributed by atoms with Crippen molar-refractivity contribution in [1.29, 1.82) is 0 Å². The first-order valence-corrected chi connectivity index (χ1v) is 8.85. The van der Waals surface area contributed by atoms with Gasteiger partial charge in [-0.15, -0.1) is 0 Å². The van der Waals surface area contributed by atoms with E-state index in [1.807, 2.05) is 6.92 Å². The summed E-state index contributed by atoms with van der Waals surface area (Å²) in [5.41, 5.74) is 0.539. The van der Waals surface area contributed by atoms with Crippen molar-refractivity contribution in [3.8, 4) is 0 Å². The van der Waals surface area contributed by atoms with Gasteiger partial charge in [0, 0.05) is 31.7 Å². The van der Waals surface area contributed by atoms with E-state index in [2.05, 4.69) is 10.3 Å². The minimum atomic E-state index is -3.61. The van der Waals surface area contributed by atoms with E-state index in [1.54, 1.807) is 12.1 Å². The standard InChI is InChI=1S/C14H21N3O3S/c1-2-15-12-4-3-7-16-14(12)21(19,20)17-8-10-5-6-13(18)11(10)9-17/h3-4,7,10-11,13,15,18H,2,5-6,8-9H2,1H3. The van der Waals surface area contributed by atoms with Crippen LogP contribution >= 0.6 is 0 Å². The summed E-state index contributed by atoms with van der Waals surface area (Å²) in [5, 5.41) is 13.1. The van der Waals surface area contributed by atoms with Gasteiger partial charge in [-0.05, 0) is 37.8 Å². The number of rotatable bonds is 4. The number of pyridine rings is 1. The summed E-state index contributed by atoms with van der Waals surface area (Å²) in [4.78, 5) is 4.07. The quantitative estimate of drug-likeness (QED) is 0.863. The lowest BCUT2D eigenvalue weighted by atomic mass is 10.00. The van der Waals surface area contributed by atoms with Gasteiger partial charge in [-0.25, -0.2) is 13.4 Å². The second kappa shape index (κ2) is 5.55. The zero-order valence-corrected chi connectivity index (χ0v) is 12.9. The lowest BCUT2D eigenvalue weighted by Crippen LogP contribution is -2.32. The zero-order valence-electron chi connectivity index (χ0n) is 12.1. The fourth-order valence-corrected chi connectivity index (χ4v) is 5.05. The molecular formula is C14H21N3O3S. The minimum Gasteiger partial charge on any atom is -0.393 e. The van der Waals surface area contributed by atoms with Crippen LogP contribution in [0.2, 0.25) is 0 Å². The maximum absolute atomic E-state index is 12.8. The Morgan fingerprint density at radius 3 is 2.95 bits per heavy atom. The molecule has 1 aromatic rings. The fraction of sp³-hybridized carbons (Fsp3) is 0.643. The lowest BCUT2D eigenvalue weighted by molar-refractivity contribution is 0.129. The van der Waals surface area contributed by atoms with Gasteiger partial charge >= 0.3 is 0 Å². The number of hydrogen-bond donors (Lipinski definition) is 2. The molecule has 0 aromatic carbocycles. The van der Waals surface area contributed by atoms with Gasteiger partial charge in [0.15, 0.2) is 5.03 Å². The van der Waals surface area contributed by atoms with Gasteiger partial charge in [-0.1, -0.05) is 0 Å². The lowest BCUT2D eigenvalue weighted by Gasteiger charge is -2.19. The van der Waals surface area contributed by atoms with E-state index in [9.17, 15) is 13.5 Å². The smallest absolute Gasteiger partial charge is 0.262 e. The first-order valence-electron chi connectivity index (χ1n) is 7.41. The third-order valence-electron chi connectivity index (χ3n) is 4.51. The number of aromatic nitrogens is 1. The monoisotopic (exact) mass is 311 g/mol. The Hall–Kier alpha value is -1.18. The summed E-state index contributed by atoms with van der Waals surface area (Å²) in [6, 6.07) is 3.45. The highest BCUT2D eigenvalue weighted by molar-refractivity contribution is 7.89. The van der Waals surface area contributed by atoms with Crippen LogP contribution in [0.3, 0.4) is 0 Å². The summed E-state index contributed by atoms with van der Waals surface area (Å²) in [5.74, 6) is 0.354. The first-order chi connectivity index (χ1) is 10.0. The summed E-state index contributed by atoms with van der Waals surface area (Å²) in [6.45, 7) is 3.45. The van der Waals surface area contributed by atoms with Gasteiger partial charge in [0.2, 0.25) is 0 Å². The van der Waals surface area contributed by atoms with E-state index in [1.165, 1.54) is 10.5 Å². The Morgan fingerprint density at radius 1 is 1.43 bits per heavy atom. The van der Waals surface area contributed by atoms with Gasteiger partial charge in [0.05, 0.1) is 11.8 Å². The molecule has 1 saturated carbocycles. The molecule has 2 aliphatic rings.